The summed E-state index contributed by atoms with van der Waals surface area (Å²) in [5.74, 6) is 0.353. The molecule has 0 radical (unpaired) electrons. The number of rotatable bonds is 4. The molecule has 1 fully saturated rings. The molecule has 1 unspecified atom stereocenters. The third-order valence-electron chi connectivity index (χ3n) is 6.64. The highest BCUT2D eigenvalue weighted by molar-refractivity contribution is 6.02. The minimum Gasteiger partial charge on any atom is -0.495 e. The fourth-order valence-corrected chi connectivity index (χ4v) is 4.69. The summed E-state index contributed by atoms with van der Waals surface area (Å²) in [5.41, 5.74) is 4.40. The second-order valence-electron chi connectivity index (χ2n) is 9.01. The van der Waals surface area contributed by atoms with Gasteiger partial charge in [-0.3, -0.25) is 0 Å². The maximum absolute atomic E-state index is 14.3. The largest absolute Gasteiger partial charge is 0.495 e. The Morgan fingerprint density at radius 2 is 1.91 bits per heavy atom. The number of hydrogen-bond acceptors (Lipinski definition) is 5. The first-order valence-corrected chi connectivity index (χ1v) is 11.8. The number of aromatic nitrogens is 2. The number of nitrogens with zero attached hydrogens (tertiary/aromatic N) is 4. The first-order valence-electron chi connectivity index (χ1n) is 11.8. The molecule has 0 bridgehead atoms. The van der Waals surface area contributed by atoms with Crippen LogP contribution in [0.15, 0.2) is 53.6 Å². The van der Waals surface area contributed by atoms with Crippen LogP contribution in [-0.4, -0.2) is 40.5 Å². The van der Waals surface area contributed by atoms with E-state index in [4.69, 9.17) is 9.57 Å². The zero-order valence-corrected chi connectivity index (χ0v) is 20.1. The standard InChI is InChI=1S/C27H28F2N4O2/c1-17-14-32(16-30-17)24-8-7-19(11-26(24)34-3)10-20-6-4-5-9-33-25(15-35-31-27(20)33)21-12-22(28)18(2)23(29)13-21/h7-8,10-14,16,25H,4-6,9,15H2,1-3H3/b20-10+. The predicted octanol–water partition coefficient (Wildman–Crippen LogP) is 5.73. The molecule has 1 aromatic heterocycles. The first kappa shape index (κ1) is 23.1. The van der Waals surface area contributed by atoms with Crippen molar-refractivity contribution in [3.05, 3.63) is 82.4 Å². The third kappa shape index (κ3) is 4.52. The Morgan fingerprint density at radius 1 is 1.11 bits per heavy atom. The van der Waals surface area contributed by atoms with Crippen molar-refractivity contribution in [3.63, 3.8) is 0 Å². The van der Waals surface area contributed by atoms with Crippen molar-refractivity contribution in [3.8, 4) is 11.4 Å². The Kier molecular flexibility index (Phi) is 6.28. The summed E-state index contributed by atoms with van der Waals surface area (Å²) in [6.45, 7) is 4.37. The van der Waals surface area contributed by atoms with E-state index >= 15 is 0 Å². The van der Waals surface area contributed by atoms with Crippen molar-refractivity contribution >= 4 is 11.9 Å². The van der Waals surface area contributed by atoms with Crippen LogP contribution in [-0.2, 0) is 4.84 Å². The number of amidine groups is 1. The molecule has 1 atom stereocenters. The molecule has 2 aromatic carbocycles. The van der Waals surface area contributed by atoms with Gasteiger partial charge in [0.1, 0.15) is 24.0 Å². The highest BCUT2D eigenvalue weighted by atomic mass is 19.1. The monoisotopic (exact) mass is 478 g/mol. The lowest BCUT2D eigenvalue weighted by atomic mass is 10.0. The summed E-state index contributed by atoms with van der Waals surface area (Å²) in [5, 5.41) is 4.38. The number of aryl methyl sites for hydroxylation is 1. The minimum absolute atomic E-state index is 0.0269. The van der Waals surface area contributed by atoms with E-state index in [0.717, 1.165) is 54.1 Å². The van der Waals surface area contributed by atoms with Crippen LogP contribution in [0.2, 0.25) is 0 Å². The van der Waals surface area contributed by atoms with Gasteiger partial charge in [0.05, 0.1) is 30.9 Å². The van der Waals surface area contributed by atoms with E-state index in [9.17, 15) is 8.78 Å². The van der Waals surface area contributed by atoms with Gasteiger partial charge in [-0.1, -0.05) is 11.2 Å². The lowest BCUT2D eigenvalue weighted by Gasteiger charge is -2.36. The van der Waals surface area contributed by atoms with Crippen LogP contribution in [0.3, 0.4) is 0 Å². The van der Waals surface area contributed by atoms with Crippen LogP contribution in [0.1, 0.15) is 47.7 Å². The Bertz CT molecular complexity index is 1290. The Morgan fingerprint density at radius 3 is 2.63 bits per heavy atom. The smallest absolute Gasteiger partial charge is 0.172 e. The Labute approximate surface area is 203 Å². The molecule has 0 amide bonds. The second-order valence-corrected chi connectivity index (χ2v) is 9.01. The number of benzene rings is 2. The van der Waals surface area contributed by atoms with Crippen molar-refractivity contribution in [2.75, 3.05) is 20.3 Å². The van der Waals surface area contributed by atoms with Crippen LogP contribution in [0.25, 0.3) is 11.8 Å². The van der Waals surface area contributed by atoms with E-state index in [1.807, 2.05) is 35.9 Å². The summed E-state index contributed by atoms with van der Waals surface area (Å²) in [7, 11) is 1.65. The third-order valence-corrected chi connectivity index (χ3v) is 6.64. The van der Waals surface area contributed by atoms with Crippen LogP contribution >= 0.6 is 0 Å². The molecule has 0 N–H and O–H groups in total. The number of halogens is 2. The molecule has 5 rings (SSSR count). The lowest BCUT2D eigenvalue weighted by Crippen LogP contribution is -2.40. The van der Waals surface area contributed by atoms with Gasteiger partial charge in [0.25, 0.3) is 0 Å². The predicted molar refractivity (Wildman–Crippen MR) is 131 cm³/mol. The summed E-state index contributed by atoms with van der Waals surface area (Å²) < 4.78 is 36.3. The van der Waals surface area contributed by atoms with Crippen molar-refractivity contribution in [2.45, 2.75) is 39.2 Å². The molecule has 0 spiro atoms. The molecule has 0 aliphatic carbocycles. The van der Waals surface area contributed by atoms with Gasteiger partial charge < -0.3 is 19.0 Å². The van der Waals surface area contributed by atoms with Gasteiger partial charge in [-0.05, 0) is 80.2 Å². The molecule has 2 aliphatic heterocycles. The van der Waals surface area contributed by atoms with Gasteiger partial charge in [-0.2, -0.15) is 0 Å². The van der Waals surface area contributed by atoms with E-state index in [1.165, 1.54) is 19.1 Å². The van der Waals surface area contributed by atoms with Crippen LogP contribution in [0.4, 0.5) is 8.78 Å². The van der Waals surface area contributed by atoms with E-state index in [1.54, 1.807) is 13.4 Å². The zero-order valence-electron chi connectivity index (χ0n) is 20.1. The summed E-state index contributed by atoms with van der Waals surface area (Å²) in [6.07, 6.45) is 8.56. The number of methoxy groups -OCH3 is 1. The number of ether oxygens (including phenoxy) is 1. The van der Waals surface area contributed by atoms with Crippen LogP contribution in [0.5, 0.6) is 5.75 Å². The van der Waals surface area contributed by atoms with Gasteiger partial charge in [0, 0.05) is 18.3 Å². The van der Waals surface area contributed by atoms with Crippen LogP contribution in [0, 0.1) is 25.5 Å². The zero-order chi connectivity index (χ0) is 24.5. The molecule has 1 saturated heterocycles. The van der Waals surface area contributed by atoms with Gasteiger partial charge in [0.15, 0.2) is 5.84 Å². The van der Waals surface area contributed by atoms with Gasteiger partial charge >= 0.3 is 0 Å². The topological polar surface area (TPSA) is 51.9 Å². The minimum atomic E-state index is -0.546. The van der Waals surface area contributed by atoms with E-state index in [0.29, 0.717) is 11.4 Å². The highest BCUT2D eigenvalue weighted by Gasteiger charge is 2.32. The van der Waals surface area contributed by atoms with E-state index < -0.39 is 11.6 Å². The summed E-state index contributed by atoms with van der Waals surface area (Å²) >= 11 is 0. The molecule has 6 nitrogen and oxygen atoms in total. The Hall–Kier alpha value is -3.68. The maximum Gasteiger partial charge on any atom is 0.172 e. The SMILES string of the molecule is COc1cc(/C=C2\CCCCN3C2=NOCC3c2cc(F)c(C)c(F)c2)ccc1-n1cnc(C)c1. The normalized spacial score (nSPS) is 19.1. The summed E-state index contributed by atoms with van der Waals surface area (Å²) in [6, 6.07) is 8.52. The van der Waals surface area contributed by atoms with Gasteiger partial charge in [-0.15, -0.1) is 0 Å². The molecular formula is C27H28F2N4O2. The van der Waals surface area contributed by atoms with Crippen molar-refractivity contribution in [1.29, 1.82) is 0 Å². The molecule has 8 heteroatoms. The van der Waals surface area contributed by atoms with Crippen LogP contribution < -0.4 is 4.74 Å². The summed E-state index contributed by atoms with van der Waals surface area (Å²) in [4.78, 5) is 12.0. The van der Waals surface area contributed by atoms with E-state index in [-0.39, 0.29) is 18.2 Å². The fourth-order valence-electron chi connectivity index (χ4n) is 4.69. The molecule has 182 valence electrons. The quantitative estimate of drug-likeness (QED) is 0.481. The second kappa shape index (κ2) is 9.52. The lowest BCUT2D eigenvalue weighted by molar-refractivity contribution is 0.0612. The molecule has 35 heavy (non-hydrogen) atoms. The molecule has 3 heterocycles. The molecule has 2 aliphatic rings. The number of imidazole rings is 1. The van der Waals surface area contributed by atoms with Gasteiger partial charge in [-0.25, -0.2) is 13.8 Å². The van der Waals surface area contributed by atoms with Crippen molar-refractivity contribution in [1.82, 2.24) is 14.5 Å². The molecular weight excluding hydrogens is 450 g/mol. The number of fused-ring (bicyclic) bond motifs is 1. The van der Waals surface area contributed by atoms with Crippen molar-refractivity contribution in [2.24, 2.45) is 5.16 Å². The number of oxime groups is 1. The van der Waals surface area contributed by atoms with E-state index in [2.05, 4.69) is 21.1 Å². The average Bonchev–Trinajstić information content (AvgIpc) is 3.19. The first-order chi connectivity index (χ1) is 16.9. The number of hydrogen-bond donors (Lipinski definition) is 0. The highest BCUT2D eigenvalue weighted by Crippen LogP contribution is 2.34. The Balaban J connectivity index is 1.49. The van der Waals surface area contributed by atoms with Crippen molar-refractivity contribution < 1.29 is 18.4 Å². The maximum atomic E-state index is 14.3. The fraction of sp³-hybridized carbons (Fsp3) is 0.333. The van der Waals surface area contributed by atoms with Gasteiger partial charge in [0.2, 0.25) is 0 Å². The molecule has 0 saturated carbocycles. The average molecular weight is 479 g/mol. The molecule has 3 aromatic rings.